The Hall–Kier alpha value is -3.34. The molecular weight excluding hydrogens is 340 g/mol. The van der Waals surface area contributed by atoms with E-state index in [-0.39, 0.29) is 21.8 Å². The van der Waals surface area contributed by atoms with E-state index in [0.29, 0.717) is 6.61 Å². The summed E-state index contributed by atoms with van der Waals surface area (Å²) in [5.74, 6) is 0.788. The van der Waals surface area contributed by atoms with Crippen molar-refractivity contribution < 1.29 is 4.74 Å². The molecule has 0 saturated heterocycles. The van der Waals surface area contributed by atoms with Crippen molar-refractivity contribution in [1.82, 2.24) is 9.97 Å². The summed E-state index contributed by atoms with van der Waals surface area (Å²) in [7, 11) is 0. The molecule has 5 heteroatoms. The summed E-state index contributed by atoms with van der Waals surface area (Å²) in [6.07, 6.45) is 5.38. The van der Waals surface area contributed by atoms with Crippen molar-refractivity contribution in [2.45, 2.75) is 19.8 Å². The van der Waals surface area contributed by atoms with Gasteiger partial charge in [-0.3, -0.25) is 9.59 Å². The van der Waals surface area contributed by atoms with Crippen molar-refractivity contribution in [3.8, 4) is 5.75 Å². The van der Waals surface area contributed by atoms with Crippen LogP contribution in [0.2, 0.25) is 0 Å². The molecule has 0 spiro atoms. The van der Waals surface area contributed by atoms with Crippen LogP contribution in [0.3, 0.4) is 0 Å². The van der Waals surface area contributed by atoms with E-state index >= 15 is 0 Å². The van der Waals surface area contributed by atoms with Gasteiger partial charge in [-0.1, -0.05) is 55.8 Å². The number of hydrogen-bond acceptors (Lipinski definition) is 3. The number of unbranched alkanes of at least 4 members (excludes halogenated alkanes) is 1. The summed E-state index contributed by atoms with van der Waals surface area (Å²) in [5.41, 5.74) is 0.956. The van der Waals surface area contributed by atoms with Crippen LogP contribution in [-0.2, 0) is 0 Å². The fourth-order valence-corrected chi connectivity index (χ4v) is 2.57. The molecule has 3 rings (SSSR count). The summed E-state index contributed by atoms with van der Waals surface area (Å²) in [5, 5.41) is 0.438. The fourth-order valence-electron chi connectivity index (χ4n) is 2.57. The predicted octanol–water partition coefficient (Wildman–Crippen LogP) is 1.90. The van der Waals surface area contributed by atoms with Crippen LogP contribution in [0.15, 0.2) is 64.2 Å². The summed E-state index contributed by atoms with van der Waals surface area (Å²) < 4.78 is 5.62. The molecule has 5 nitrogen and oxygen atoms in total. The summed E-state index contributed by atoms with van der Waals surface area (Å²) >= 11 is 0. The number of rotatable bonds is 6. The maximum atomic E-state index is 12.3. The summed E-state index contributed by atoms with van der Waals surface area (Å²) in [4.78, 5) is 29.9. The number of aromatic nitrogens is 2. The molecule has 0 radical (unpaired) electrons. The van der Waals surface area contributed by atoms with E-state index in [1.54, 1.807) is 12.2 Å². The minimum Gasteiger partial charge on any atom is -0.494 e. The zero-order chi connectivity index (χ0) is 19.1. The molecule has 138 valence electrons. The van der Waals surface area contributed by atoms with Crippen LogP contribution in [0.25, 0.3) is 12.2 Å². The maximum Gasteiger partial charge on any atom is 0.272 e. The van der Waals surface area contributed by atoms with Crippen molar-refractivity contribution in [1.29, 1.82) is 0 Å². The number of hydrogen-bond donors (Lipinski definition) is 2. The van der Waals surface area contributed by atoms with Gasteiger partial charge in [-0.15, -0.1) is 0 Å². The first-order valence-electron chi connectivity index (χ1n) is 8.99. The van der Waals surface area contributed by atoms with Gasteiger partial charge < -0.3 is 14.7 Å². The molecule has 1 heterocycles. The van der Waals surface area contributed by atoms with E-state index in [2.05, 4.69) is 16.9 Å². The highest BCUT2D eigenvalue weighted by Crippen LogP contribution is 2.12. The second-order valence-corrected chi connectivity index (χ2v) is 6.21. The quantitative estimate of drug-likeness (QED) is 0.658. The lowest BCUT2D eigenvalue weighted by Crippen LogP contribution is -2.46. The van der Waals surface area contributed by atoms with Gasteiger partial charge in [0.1, 0.15) is 16.4 Å². The minimum atomic E-state index is -0.347. The van der Waals surface area contributed by atoms with E-state index in [4.69, 9.17) is 4.74 Å². The normalized spacial score (nSPS) is 12.3. The Morgan fingerprint density at radius 1 is 0.815 bits per heavy atom. The number of aromatic amines is 2. The van der Waals surface area contributed by atoms with E-state index < -0.39 is 0 Å². The van der Waals surface area contributed by atoms with Crippen LogP contribution in [0, 0.1) is 0 Å². The number of H-pyrrole nitrogens is 2. The third-order valence-corrected chi connectivity index (χ3v) is 4.05. The van der Waals surface area contributed by atoms with Gasteiger partial charge in [0.2, 0.25) is 0 Å². The highest BCUT2D eigenvalue weighted by atomic mass is 16.5. The van der Waals surface area contributed by atoms with Gasteiger partial charge in [-0.25, -0.2) is 0 Å². The third kappa shape index (κ3) is 5.07. The Bertz CT molecular complexity index is 1110. The molecule has 27 heavy (non-hydrogen) atoms. The van der Waals surface area contributed by atoms with Gasteiger partial charge >= 0.3 is 0 Å². The summed E-state index contributed by atoms with van der Waals surface area (Å²) in [6.45, 7) is 2.80. The number of benzene rings is 2. The minimum absolute atomic E-state index is 0.213. The van der Waals surface area contributed by atoms with Crippen molar-refractivity contribution in [2.24, 2.45) is 0 Å². The topological polar surface area (TPSA) is 75.0 Å². The Labute approximate surface area is 156 Å². The molecule has 0 bridgehead atoms. The van der Waals surface area contributed by atoms with E-state index in [1.165, 1.54) is 0 Å². The van der Waals surface area contributed by atoms with Crippen LogP contribution in [0.1, 0.15) is 30.9 Å². The second kappa shape index (κ2) is 8.85. The SMILES string of the molecule is CCCCOc1ccc(/C=c2\[nH]c(=O)/c(=C/c3ccccc3)[nH]c2=O)cc1. The van der Waals surface area contributed by atoms with Crippen LogP contribution in [0.5, 0.6) is 5.75 Å². The van der Waals surface area contributed by atoms with E-state index in [9.17, 15) is 9.59 Å². The molecular formula is C22H22N2O3. The molecule has 0 saturated carbocycles. The molecule has 0 amide bonds. The van der Waals surface area contributed by atoms with Crippen molar-refractivity contribution in [2.75, 3.05) is 6.61 Å². The van der Waals surface area contributed by atoms with Crippen LogP contribution in [-0.4, -0.2) is 16.6 Å². The highest BCUT2D eigenvalue weighted by molar-refractivity contribution is 5.50. The standard InChI is InChI=1S/C22H22N2O3/c1-2-3-13-27-18-11-9-17(10-12-18)15-20-22(26)23-19(21(25)24-20)14-16-7-5-4-6-8-16/h4-12,14-15H,2-3,13H2,1H3,(H,23,26)(H,24,25)/b19-14-,20-15-. The van der Waals surface area contributed by atoms with Crippen LogP contribution >= 0.6 is 0 Å². The Morgan fingerprint density at radius 3 is 1.93 bits per heavy atom. The number of ether oxygens (including phenoxy) is 1. The van der Waals surface area contributed by atoms with E-state index in [0.717, 1.165) is 29.7 Å². The van der Waals surface area contributed by atoms with Gasteiger partial charge in [0.05, 0.1) is 6.61 Å². The molecule has 0 atom stereocenters. The van der Waals surface area contributed by atoms with Crippen molar-refractivity contribution in [3.05, 3.63) is 97.1 Å². The van der Waals surface area contributed by atoms with E-state index in [1.807, 2.05) is 54.6 Å². The van der Waals surface area contributed by atoms with Crippen molar-refractivity contribution in [3.63, 3.8) is 0 Å². The average Bonchev–Trinajstić information content (AvgIpc) is 2.68. The lowest BCUT2D eigenvalue weighted by molar-refractivity contribution is 0.309. The predicted molar refractivity (Wildman–Crippen MR) is 107 cm³/mol. The zero-order valence-electron chi connectivity index (χ0n) is 15.2. The molecule has 0 fully saturated rings. The van der Waals surface area contributed by atoms with Gasteiger partial charge in [-0.05, 0) is 41.8 Å². The first-order valence-corrected chi connectivity index (χ1v) is 8.99. The Kier molecular flexibility index (Phi) is 6.05. The third-order valence-electron chi connectivity index (χ3n) is 4.05. The molecule has 2 N–H and O–H groups in total. The molecule has 0 aliphatic heterocycles. The lowest BCUT2D eigenvalue weighted by atomic mass is 10.2. The molecule has 1 aromatic heterocycles. The Balaban J connectivity index is 1.89. The van der Waals surface area contributed by atoms with Gasteiger partial charge in [0, 0.05) is 0 Å². The molecule has 0 aliphatic carbocycles. The molecule has 3 aromatic rings. The molecule has 0 unspecified atom stereocenters. The van der Waals surface area contributed by atoms with Crippen LogP contribution < -0.4 is 26.6 Å². The average molecular weight is 362 g/mol. The van der Waals surface area contributed by atoms with Gasteiger partial charge in [0.25, 0.3) is 11.1 Å². The second-order valence-electron chi connectivity index (χ2n) is 6.21. The largest absolute Gasteiger partial charge is 0.494 e. The van der Waals surface area contributed by atoms with Gasteiger partial charge in [-0.2, -0.15) is 0 Å². The monoisotopic (exact) mass is 362 g/mol. The molecule has 0 aliphatic rings. The van der Waals surface area contributed by atoms with Crippen molar-refractivity contribution >= 4 is 12.2 Å². The maximum absolute atomic E-state index is 12.3. The number of nitrogens with one attached hydrogen (secondary N) is 2. The Morgan fingerprint density at radius 2 is 1.37 bits per heavy atom. The summed E-state index contributed by atoms with van der Waals surface area (Å²) in [6, 6.07) is 16.8. The lowest BCUT2D eigenvalue weighted by Gasteiger charge is -2.04. The highest BCUT2D eigenvalue weighted by Gasteiger charge is 1.98. The first kappa shape index (κ1) is 18.5. The zero-order valence-corrected chi connectivity index (χ0v) is 15.2. The fraction of sp³-hybridized carbons (Fsp3) is 0.182. The first-order chi connectivity index (χ1) is 13.2. The van der Waals surface area contributed by atoms with Gasteiger partial charge in [0.15, 0.2) is 0 Å². The smallest absolute Gasteiger partial charge is 0.272 e. The van der Waals surface area contributed by atoms with Crippen LogP contribution in [0.4, 0.5) is 0 Å². The molecule has 2 aromatic carbocycles.